The van der Waals surface area contributed by atoms with Crippen molar-refractivity contribution < 1.29 is 9.53 Å². The molecular weight excluding hydrogens is 252 g/mol. The molecule has 1 aromatic carbocycles. The number of likely N-dealkylation sites (tertiary alicyclic amines) is 1. The summed E-state index contributed by atoms with van der Waals surface area (Å²) in [5.74, 6) is 0.789. The highest BCUT2D eigenvalue weighted by Crippen LogP contribution is 2.23. The van der Waals surface area contributed by atoms with Crippen LogP contribution in [0.3, 0.4) is 0 Å². The highest BCUT2D eigenvalue weighted by molar-refractivity contribution is 5.77. The summed E-state index contributed by atoms with van der Waals surface area (Å²) in [6.45, 7) is 3.73. The normalized spacial score (nSPS) is 17.4. The Labute approximate surface area is 120 Å². The molecule has 4 nitrogen and oxygen atoms in total. The first kappa shape index (κ1) is 14.9. The van der Waals surface area contributed by atoms with Gasteiger partial charge in [-0.1, -0.05) is 31.0 Å². The van der Waals surface area contributed by atoms with Gasteiger partial charge in [-0.2, -0.15) is 0 Å². The van der Waals surface area contributed by atoms with Crippen LogP contribution in [-0.4, -0.2) is 30.5 Å². The first-order chi connectivity index (χ1) is 9.68. The van der Waals surface area contributed by atoms with E-state index in [0.717, 1.165) is 31.5 Å². The molecule has 0 unspecified atom stereocenters. The van der Waals surface area contributed by atoms with Gasteiger partial charge in [0.15, 0.2) is 6.61 Å². The van der Waals surface area contributed by atoms with E-state index in [1.807, 2.05) is 36.1 Å². The fourth-order valence-corrected chi connectivity index (χ4v) is 2.54. The molecule has 0 bridgehead atoms. The highest BCUT2D eigenvalue weighted by atomic mass is 16.5. The van der Waals surface area contributed by atoms with Crippen LogP contribution in [0.4, 0.5) is 0 Å². The minimum absolute atomic E-state index is 0.0753. The van der Waals surface area contributed by atoms with Crippen LogP contribution < -0.4 is 10.5 Å². The molecule has 110 valence electrons. The highest BCUT2D eigenvalue weighted by Gasteiger charge is 2.16. The number of amides is 1. The third kappa shape index (κ3) is 3.97. The van der Waals surface area contributed by atoms with Crippen LogP contribution in [0.1, 0.15) is 44.2 Å². The molecule has 0 spiro atoms. The van der Waals surface area contributed by atoms with Crippen LogP contribution >= 0.6 is 0 Å². The van der Waals surface area contributed by atoms with Gasteiger partial charge in [0.1, 0.15) is 5.75 Å². The SMILES string of the molecule is C[C@H](N)c1ccccc1OCC(=O)N1CCCCCC1. The van der Waals surface area contributed by atoms with E-state index < -0.39 is 0 Å². The lowest BCUT2D eigenvalue weighted by molar-refractivity contribution is -0.133. The maximum atomic E-state index is 12.2. The van der Waals surface area contributed by atoms with Crippen LogP contribution in [-0.2, 0) is 4.79 Å². The number of carbonyl (C=O) groups excluding carboxylic acids is 1. The summed E-state index contributed by atoms with van der Waals surface area (Å²) in [6.07, 6.45) is 4.64. The van der Waals surface area contributed by atoms with Gasteiger partial charge in [0.25, 0.3) is 5.91 Å². The molecular formula is C16H24N2O2. The van der Waals surface area contributed by atoms with Crippen molar-refractivity contribution >= 4 is 5.91 Å². The zero-order valence-corrected chi connectivity index (χ0v) is 12.2. The van der Waals surface area contributed by atoms with Crippen molar-refractivity contribution in [1.82, 2.24) is 4.90 Å². The Hall–Kier alpha value is -1.55. The molecule has 1 aliphatic rings. The van der Waals surface area contributed by atoms with Gasteiger partial charge in [0.05, 0.1) is 0 Å². The fraction of sp³-hybridized carbons (Fsp3) is 0.562. The minimum atomic E-state index is -0.0977. The van der Waals surface area contributed by atoms with E-state index in [4.69, 9.17) is 10.5 Å². The molecule has 20 heavy (non-hydrogen) atoms. The van der Waals surface area contributed by atoms with E-state index in [-0.39, 0.29) is 18.6 Å². The van der Waals surface area contributed by atoms with Crippen molar-refractivity contribution in [1.29, 1.82) is 0 Å². The van der Waals surface area contributed by atoms with Crippen molar-refractivity contribution in [2.24, 2.45) is 5.73 Å². The number of nitrogens with two attached hydrogens (primary N) is 1. The summed E-state index contributed by atoms with van der Waals surface area (Å²) in [5, 5.41) is 0. The topological polar surface area (TPSA) is 55.6 Å². The molecule has 1 atom stereocenters. The summed E-state index contributed by atoms with van der Waals surface area (Å²) < 4.78 is 5.68. The molecule has 0 aromatic heterocycles. The molecule has 1 heterocycles. The van der Waals surface area contributed by atoms with Gasteiger partial charge in [-0.25, -0.2) is 0 Å². The van der Waals surface area contributed by atoms with Crippen LogP contribution in [0.25, 0.3) is 0 Å². The van der Waals surface area contributed by atoms with E-state index in [0.29, 0.717) is 5.75 Å². The van der Waals surface area contributed by atoms with Gasteiger partial charge >= 0.3 is 0 Å². The van der Waals surface area contributed by atoms with Gasteiger partial charge in [-0.15, -0.1) is 0 Å². The van der Waals surface area contributed by atoms with E-state index in [2.05, 4.69) is 0 Å². The maximum absolute atomic E-state index is 12.2. The molecule has 1 fully saturated rings. The second-order valence-electron chi connectivity index (χ2n) is 5.41. The predicted molar refractivity (Wildman–Crippen MR) is 79.6 cm³/mol. The molecule has 0 saturated carbocycles. The molecule has 1 saturated heterocycles. The Morgan fingerprint density at radius 2 is 1.90 bits per heavy atom. The molecule has 4 heteroatoms. The molecule has 2 N–H and O–H groups in total. The predicted octanol–water partition coefficient (Wildman–Crippen LogP) is 2.49. The van der Waals surface area contributed by atoms with Crippen molar-refractivity contribution in [3.8, 4) is 5.75 Å². The zero-order chi connectivity index (χ0) is 14.4. The Kier molecular flexibility index (Phi) is 5.41. The summed E-state index contributed by atoms with van der Waals surface area (Å²) in [6, 6.07) is 7.55. The first-order valence-corrected chi connectivity index (χ1v) is 7.43. The van der Waals surface area contributed by atoms with Crippen molar-refractivity contribution in [2.45, 2.75) is 38.6 Å². The van der Waals surface area contributed by atoms with Crippen LogP contribution in [0.2, 0.25) is 0 Å². The fourth-order valence-electron chi connectivity index (χ4n) is 2.54. The number of ether oxygens (including phenoxy) is 1. The van der Waals surface area contributed by atoms with Gasteiger partial charge in [0.2, 0.25) is 0 Å². The summed E-state index contributed by atoms with van der Waals surface area (Å²) >= 11 is 0. The Balaban J connectivity index is 1.92. The third-order valence-corrected chi connectivity index (χ3v) is 3.72. The van der Waals surface area contributed by atoms with E-state index in [9.17, 15) is 4.79 Å². The molecule has 1 aliphatic heterocycles. The average molecular weight is 276 g/mol. The Morgan fingerprint density at radius 1 is 1.25 bits per heavy atom. The summed E-state index contributed by atoms with van der Waals surface area (Å²) in [4.78, 5) is 14.1. The standard InChI is InChI=1S/C16H24N2O2/c1-13(17)14-8-4-5-9-15(14)20-12-16(19)18-10-6-2-3-7-11-18/h4-5,8-9,13H,2-3,6-7,10-12,17H2,1H3/t13-/m0/s1. The number of hydrogen-bond donors (Lipinski definition) is 1. The Morgan fingerprint density at radius 3 is 2.55 bits per heavy atom. The second-order valence-corrected chi connectivity index (χ2v) is 5.41. The van der Waals surface area contributed by atoms with Crippen molar-refractivity contribution in [3.63, 3.8) is 0 Å². The molecule has 2 rings (SSSR count). The van der Waals surface area contributed by atoms with E-state index in [1.54, 1.807) is 0 Å². The second kappa shape index (κ2) is 7.29. The monoisotopic (exact) mass is 276 g/mol. The van der Waals surface area contributed by atoms with Crippen LogP contribution in [0.5, 0.6) is 5.75 Å². The number of nitrogens with zero attached hydrogens (tertiary/aromatic N) is 1. The number of para-hydroxylation sites is 1. The molecule has 1 amide bonds. The van der Waals surface area contributed by atoms with Gasteiger partial charge in [-0.3, -0.25) is 4.79 Å². The number of benzene rings is 1. The molecule has 0 aliphatic carbocycles. The molecule has 1 aromatic rings. The number of carbonyl (C=O) groups is 1. The maximum Gasteiger partial charge on any atom is 0.260 e. The van der Waals surface area contributed by atoms with Gasteiger partial charge in [-0.05, 0) is 25.8 Å². The number of hydrogen-bond acceptors (Lipinski definition) is 3. The summed E-state index contributed by atoms with van der Waals surface area (Å²) in [5.41, 5.74) is 6.85. The largest absolute Gasteiger partial charge is 0.483 e. The quantitative estimate of drug-likeness (QED) is 0.919. The smallest absolute Gasteiger partial charge is 0.260 e. The third-order valence-electron chi connectivity index (χ3n) is 3.72. The van der Waals surface area contributed by atoms with Crippen LogP contribution in [0.15, 0.2) is 24.3 Å². The van der Waals surface area contributed by atoms with Gasteiger partial charge in [0, 0.05) is 24.7 Å². The van der Waals surface area contributed by atoms with E-state index in [1.165, 1.54) is 12.8 Å². The van der Waals surface area contributed by atoms with Crippen molar-refractivity contribution in [2.75, 3.05) is 19.7 Å². The average Bonchev–Trinajstić information content (AvgIpc) is 2.74. The summed E-state index contributed by atoms with van der Waals surface area (Å²) in [7, 11) is 0. The number of rotatable bonds is 4. The lowest BCUT2D eigenvalue weighted by atomic mass is 10.1. The Bertz CT molecular complexity index is 438. The molecule has 0 radical (unpaired) electrons. The van der Waals surface area contributed by atoms with Crippen molar-refractivity contribution in [3.05, 3.63) is 29.8 Å². The minimum Gasteiger partial charge on any atom is -0.483 e. The lowest BCUT2D eigenvalue weighted by Crippen LogP contribution is -2.35. The van der Waals surface area contributed by atoms with E-state index >= 15 is 0 Å². The van der Waals surface area contributed by atoms with Crippen LogP contribution in [0, 0.1) is 0 Å². The zero-order valence-electron chi connectivity index (χ0n) is 12.2. The van der Waals surface area contributed by atoms with Gasteiger partial charge < -0.3 is 15.4 Å². The first-order valence-electron chi connectivity index (χ1n) is 7.43. The lowest BCUT2D eigenvalue weighted by Gasteiger charge is -2.21.